The van der Waals surface area contributed by atoms with Crippen molar-refractivity contribution in [3.8, 4) is 0 Å². The van der Waals surface area contributed by atoms with E-state index in [2.05, 4.69) is 4.72 Å². The third-order valence-electron chi connectivity index (χ3n) is 1.73. The molecule has 3 N–H and O–H groups in total. The molecule has 0 amide bonds. The van der Waals surface area contributed by atoms with Crippen molar-refractivity contribution < 1.29 is 17.2 Å². The lowest BCUT2D eigenvalue weighted by molar-refractivity contribution is 0.475. The third-order valence-corrected chi connectivity index (χ3v) is 3.54. The van der Waals surface area contributed by atoms with Crippen molar-refractivity contribution in [3.05, 3.63) is 23.8 Å². The topological polar surface area (TPSA) is 72.2 Å². The van der Waals surface area contributed by atoms with Crippen molar-refractivity contribution in [2.24, 2.45) is 0 Å². The first-order valence-electron chi connectivity index (χ1n) is 4.81. The SMILES string of the molecule is CC(C)(C)NS(=O)(=O)c1c(F)cc(N)cc1F. The van der Waals surface area contributed by atoms with E-state index in [1.54, 1.807) is 20.8 Å². The van der Waals surface area contributed by atoms with E-state index in [4.69, 9.17) is 5.73 Å². The quantitative estimate of drug-likeness (QED) is 0.797. The number of nitrogens with two attached hydrogens (primary N) is 1. The van der Waals surface area contributed by atoms with E-state index in [1.165, 1.54) is 0 Å². The molecular formula is C10H14F2N2O2S. The van der Waals surface area contributed by atoms with Gasteiger partial charge in [-0.3, -0.25) is 0 Å². The Morgan fingerprint density at radius 2 is 1.59 bits per heavy atom. The lowest BCUT2D eigenvalue weighted by Gasteiger charge is -2.20. The molecule has 0 bridgehead atoms. The zero-order chi connectivity index (χ0) is 13.4. The highest BCUT2D eigenvalue weighted by Crippen LogP contribution is 2.22. The number of benzene rings is 1. The van der Waals surface area contributed by atoms with Crippen LogP contribution in [0.5, 0.6) is 0 Å². The van der Waals surface area contributed by atoms with Gasteiger partial charge in [0.15, 0.2) is 4.90 Å². The second kappa shape index (κ2) is 4.23. The fraction of sp³-hybridized carbons (Fsp3) is 0.400. The molecule has 0 spiro atoms. The van der Waals surface area contributed by atoms with Crippen LogP contribution in [0.25, 0.3) is 0 Å². The predicted molar refractivity (Wildman–Crippen MR) is 60.8 cm³/mol. The Labute approximate surface area is 98.9 Å². The highest BCUT2D eigenvalue weighted by atomic mass is 32.2. The number of nitrogen functional groups attached to an aromatic ring is 1. The maximum absolute atomic E-state index is 13.4. The predicted octanol–water partition coefficient (Wildman–Crippen LogP) is 1.62. The van der Waals surface area contributed by atoms with Crippen molar-refractivity contribution in [1.82, 2.24) is 4.72 Å². The summed E-state index contributed by atoms with van der Waals surface area (Å²) in [4.78, 5) is -1.01. The van der Waals surface area contributed by atoms with Crippen LogP contribution in [0.2, 0.25) is 0 Å². The molecule has 0 aliphatic heterocycles. The van der Waals surface area contributed by atoms with Gasteiger partial charge in [-0.15, -0.1) is 0 Å². The molecule has 0 aromatic heterocycles. The molecule has 0 aliphatic carbocycles. The summed E-state index contributed by atoms with van der Waals surface area (Å²) in [5, 5.41) is 0. The molecule has 0 aliphatic rings. The van der Waals surface area contributed by atoms with E-state index in [1.807, 2.05) is 0 Å². The Morgan fingerprint density at radius 1 is 1.18 bits per heavy atom. The first-order valence-corrected chi connectivity index (χ1v) is 6.30. The molecule has 4 nitrogen and oxygen atoms in total. The van der Waals surface area contributed by atoms with Crippen molar-refractivity contribution in [3.63, 3.8) is 0 Å². The van der Waals surface area contributed by atoms with Gasteiger partial charge in [-0.1, -0.05) is 0 Å². The molecule has 1 aromatic carbocycles. The molecule has 0 atom stereocenters. The van der Waals surface area contributed by atoms with E-state index in [-0.39, 0.29) is 5.69 Å². The smallest absolute Gasteiger partial charge is 0.246 e. The first kappa shape index (κ1) is 13.9. The standard InChI is InChI=1S/C10H14F2N2O2S/c1-10(2,3)14-17(15,16)9-7(11)4-6(13)5-8(9)12/h4-5,14H,13H2,1-3H3. The van der Waals surface area contributed by atoms with Gasteiger partial charge in [0.25, 0.3) is 0 Å². The van der Waals surface area contributed by atoms with Crippen LogP contribution in [0.4, 0.5) is 14.5 Å². The zero-order valence-electron chi connectivity index (χ0n) is 9.71. The van der Waals surface area contributed by atoms with Crippen LogP contribution in [0, 0.1) is 11.6 Å². The lowest BCUT2D eigenvalue weighted by atomic mass is 10.1. The minimum absolute atomic E-state index is 0.172. The van der Waals surface area contributed by atoms with Crippen LogP contribution in [0.15, 0.2) is 17.0 Å². The van der Waals surface area contributed by atoms with E-state index < -0.39 is 32.1 Å². The highest BCUT2D eigenvalue weighted by molar-refractivity contribution is 7.89. The van der Waals surface area contributed by atoms with Crippen LogP contribution in [-0.2, 0) is 10.0 Å². The molecule has 0 heterocycles. The van der Waals surface area contributed by atoms with Crippen molar-refractivity contribution >= 4 is 15.7 Å². The Balaban J connectivity index is 3.35. The number of halogens is 2. The number of hydrogen-bond donors (Lipinski definition) is 2. The summed E-state index contributed by atoms with van der Waals surface area (Å²) < 4.78 is 52.6. The van der Waals surface area contributed by atoms with E-state index in [0.717, 1.165) is 12.1 Å². The Morgan fingerprint density at radius 3 is 1.94 bits per heavy atom. The molecule has 17 heavy (non-hydrogen) atoms. The fourth-order valence-corrected chi connectivity index (χ4v) is 2.83. The summed E-state index contributed by atoms with van der Waals surface area (Å²) in [6, 6.07) is 1.53. The highest BCUT2D eigenvalue weighted by Gasteiger charge is 2.28. The largest absolute Gasteiger partial charge is 0.399 e. The van der Waals surface area contributed by atoms with Crippen LogP contribution >= 0.6 is 0 Å². The van der Waals surface area contributed by atoms with Crippen LogP contribution in [-0.4, -0.2) is 14.0 Å². The molecule has 0 saturated heterocycles. The normalized spacial score (nSPS) is 12.8. The van der Waals surface area contributed by atoms with Gasteiger partial charge < -0.3 is 5.73 Å². The van der Waals surface area contributed by atoms with Gasteiger partial charge in [0.2, 0.25) is 10.0 Å². The van der Waals surface area contributed by atoms with Crippen molar-refractivity contribution in [1.29, 1.82) is 0 Å². The maximum atomic E-state index is 13.4. The lowest BCUT2D eigenvalue weighted by Crippen LogP contribution is -2.41. The monoisotopic (exact) mass is 264 g/mol. The molecule has 1 aromatic rings. The number of nitrogens with one attached hydrogen (secondary N) is 1. The summed E-state index contributed by atoms with van der Waals surface area (Å²) in [5.74, 6) is -2.42. The molecule has 0 saturated carbocycles. The molecule has 7 heteroatoms. The van der Waals surface area contributed by atoms with Gasteiger partial charge in [-0.05, 0) is 32.9 Å². The maximum Gasteiger partial charge on any atom is 0.246 e. The zero-order valence-corrected chi connectivity index (χ0v) is 10.5. The first-order chi connectivity index (χ1) is 7.53. The second-order valence-electron chi connectivity index (χ2n) is 4.67. The van der Waals surface area contributed by atoms with Gasteiger partial charge in [0.1, 0.15) is 11.6 Å². The van der Waals surface area contributed by atoms with Gasteiger partial charge in [0.05, 0.1) is 0 Å². The summed E-state index contributed by atoms with van der Waals surface area (Å²) >= 11 is 0. The molecule has 0 fully saturated rings. The number of rotatable bonds is 2. The average Bonchev–Trinajstić information content (AvgIpc) is 1.93. The number of anilines is 1. The third kappa shape index (κ3) is 3.37. The minimum Gasteiger partial charge on any atom is -0.399 e. The van der Waals surface area contributed by atoms with E-state index in [9.17, 15) is 17.2 Å². The van der Waals surface area contributed by atoms with Crippen molar-refractivity contribution in [2.45, 2.75) is 31.2 Å². The molecule has 1 rings (SSSR count). The van der Waals surface area contributed by atoms with Crippen LogP contribution in [0.3, 0.4) is 0 Å². The van der Waals surface area contributed by atoms with E-state index in [0.29, 0.717) is 0 Å². The van der Waals surface area contributed by atoms with Crippen LogP contribution < -0.4 is 10.5 Å². The van der Waals surface area contributed by atoms with Crippen molar-refractivity contribution in [2.75, 3.05) is 5.73 Å². The van der Waals surface area contributed by atoms with Gasteiger partial charge in [-0.25, -0.2) is 21.9 Å². The molecule has 0 unspecified atom stereocenters. The second-order valence-corrected chi connectivity index (χ2v) is 6.29. The Bertz CT molecular complexity index is 513. The number of hydrogen-bond acceptors (Lipinski definition) is 3. The fourth-order valence-electron chi connectivity index (χ4n) is 1.29. The Hall–Kier alpha value is -1.21. The molecule has 0 radical (unpaired) electrons. The summed E-state index contributed by atoms with van der Waals surface area (Å²) in [5.41, 5.74) is 4.20. The minimum atomic E-state index is -4.25. The van der Waals surface area contributed by atoms with E-state index >= 15 is 0 Å². The summed E-state index contributed by atoms with van der Waals surface area (Å²) in [7, 11) is -4.25. The summed E-state index contributed by atoms with van der Waals surface area (Å²) in [6.45, 7) is 4.70. The van der Waals surface area contributed by atoms with Gasteiger partial charge >= 0.3 is 0 Å². The molecule has 96 valence electrons. The number of sulfonamides is 1. The van der Waals surface area contributed by atoms with Gasteiger partial charge in [0, 0.05) is 11.2 Å². The summed E-state index contributed by atoms with van der Waals surface area (Å²) in [6.07, 6.45) is 0. The Kier molecular flexibility index (Phi) is 3.45. The molecular weight excluding hydrogens is 250 g/mol. The van der Waals surface area contributed by atoms with Gasteiger partial charge in [-0.2, -0.15) is 0 Å². The average molecular weight is 264 g/mol. The van der Waals surface area contributed by atoms with Crippen LogP contribution in [0.1, 0.15) is 20.8 Å².